The van der Waals surface area contributed by atoms with E-state index in [4.69, 9.17) is 9.47 Å². The zero-order chi connectivity index (χ0) is 14.5. The number of benzene rings is 1. The highest BCUT2D eigenvalue weighted by atomic mass is 79.9. The fourth-order valence-corrected chi connectivity index (χ4v) is 4.59. The van der Waals surface area contributed by atoms with E-state index in [0.29, 0.717) is 12.3 Å². The largest absolute Gasteiger partial charge is 0.488 e. The van der Waals surface area contributed by atoms with Gasteiger partial charge >= 0.3 is 0 Å². The van der Waals surface area contributed by atoms with Crippen LogP contribution in [0.4, 0.5) is 0 Å². The molecule has 1 aliphatic rings. The van der Waals surface area contributed by atoms with Gasteiger partial charge in [-0.2, -0.15) is 0 Å². The van der Waals surface area contributed by atoms with Crippen molar-refractivity contribution in [2.45, 2.75) is 6.10 Å². The number of hydrogen-bond acceptors (Lipinski definition) is 3. The topological polar surface area (TPSA) is 43.1 Å². The van der Waals surface area contributed by atoms with Crippen LogP contribution in [-0.4, -0.2) is 50.7 Å². The van der Waals surface area contributed by atoms with Crippen LogP contribution in [0.1, 0.15) is 0 Å². The van der Waals surface area contributed by atoms with Gasteiger partial charge in [0.25, 0.3) is 0 Å². The molecule has 0 aromatic heterocycles. The number of rotatable bonds is 5. The monoisotopic (exact) mass is 472 g/mol. The Bertz CT molecular complexity index is 429. The van der Waals surface area contributed by atoms with Crippen LogP contribution < -0.4 is 9.64 Å². The molecule has 1 saturated heterocycles. The average Bonchev–Trinajstić information content (AvgIpc) is 2.38. The van der Waals surface area contributed by atoms with Crippen molar-refractivity contribution >= 4 is 47.8 Å². The molecule has 1 aromatic carbocycles. The molecule has 0 aliphatic carbocycles. The van der Waals surface area contributed by atoms with Crippen LogP contribution in [0, 0.1) is 0 Å². The molecular weight excluding hydrogens is 458 g/mol. The van der Waals surface area contributed by atoms with Crippen molar-refractivity contribution in [3.8, 4) is 5.75 Å². The van der Waals surface area contributed by atoms with E-state index in [2.05, 4.69) is 47.8 Å². The number of nitrogens with one attached hydrogen (secondary N) is 1. The number of aliphatic hydroxyl groups is 1. The minimum atomic E-state index is -0.481. The van der Waals surface area contributed by atoms with E-state index in [9.17, 15) is 5.11 Å². The van der Waals surface area contributed by atoms with E-state index in [-0.39, 0.29) is 6.61 Å². The first-order chi connectivity index (χ1) is 9.56. The van der Waals surface area contributed by atoms with Crippen molar-refractivity contribution in [1.82, 2.24) is 0 Å². The fourth-order valence-electron chi connectivity index (χ4n) is 2.10. The Morgan fingerprint density at radius 2 is 1.80 bits per heavy atom. The smallest absolute Gasteiger partial charge is 0.147 e. The summed E-state index contributed by atoms with van der Waals surface area (Å²) in [5, 5.41) is 10.1. The Balaban J connectivity index is 1.85. The Kier molecular flexibility index (Phi) is 6.77. The molecule has 112 valence electrons. The minimum Gasteiger partial charge on any atom is -0.488 e. The third-order valence-electron chi connectivity index (χ3n) is 3.11. The molecule has 1 atom stereocenters. The first-order valence-electron chi connectivity index (χ1n) is 6.43. The first-order valence-corrected chi connectivity index (χ1v) is 8.81. The summed E-state index contributed by atoms with van der Waals surface area (Å²) in [6, 6.07) is 3.83. The van der Waals surface area contributed by atoms with Crippen LogP contribution in [-0.2, 0) is 4.74 Å². The SMILES string of the molecule is O[C@H](COc1c(Br)cc(Br)cc1Br)C[NH+]1CCOCC1. The number of hydrogen-bond donors (Lipinski definition) is 2. The zero-order valence-corrected chi connectivity index (χ0v) is 15.6. The molecule has 0 amide bonds. The molecule has 0 spiro atoms. The van der Waals surface area contributed by atoms with E-state index in [1.54, 1.807) is 0 Å². The summed E-state index contributed by atoms with van der Waals surface area (Å²) in [6.07, 6.45) is -0.481. The second kappa shape index (κ2) is 8.10. The molecule has 20 heavy (non-hydrogen) atoms. The Morgan fingerprint density at radius 1 is 1.20 bits per heavy atom. The summed E-state index contributed by atoms with van der Waals surface area (Å²) < 4.78 is 13.7. The first kappa shape index (κ1) is 16.7. The van der Waals surface area contributed by atoms with Gasteiger partial charge in [0.1, 0.15) is 38.1 Å². The summed E-state index contributed by atoms with van der Waals surface area (Å²) in [4.78, 5) is 1.36. The maximum Gasteiger partial charge on any atom is 0.147 e. The van der Waals surface area contributed by atoms with Gasteiger partial charge in [-0.15, -0.1) is 0 Å². The molecule has 1 aromatic rings. The summed E-state index contributed by atoms with van der Waals surface area (Å²) in [7, 11) is 0. The summed E-state index contributed by atoms with van der Waals surface area (Å²) in [5.74, 6) is 0.712. The van der Waals surface area contributed by atoms with Crippen LogP contribution in [0.15, 0.2) is 25.6 Å². The van der Waals surface area contributed by atoms with Crippen molar-refractivity contribution in [3.63, 3.8) is 0 Å². The fraction of sp³-hybridized carbons (Fsp3) is 0.538. The molecular formula is C13H17Br3NO3+. The van der Waals surface area contributed by atoms with Crippen molar-refractivity contribution in [2.75, 3.05) is 39.5 Å². The summed E-state index contributed by atoms with van der Waals surface area (Å²) in [5.41, 5.74) is 0. The van der Waals surface area contributed by atoms with Gasteiger partial charge in [0.2, 0.25) is 0 Å². The van der Waals surface area contributed by atoms with Crippen molar-refractivity contribution in [2.24, 2.45) is 0 Å². The van der Waals surface area contributed by atoms with Gasteiger partial charge in [-0.05, 0) is 44.0 Å². The predicted molar refractivity (Wildman–Crippen MR) is 87.4 cm³/mol. The molecule has 1 heterocycles. The molecule has 0 saturated carbocycles. The molecule has 4 nitrogen and oxygen atoms in total. The lowest BCUT2D eigenvalue weighted by atomic mass is 10.3. The average molecular weight is 475 g/mol. The number of morpholine rings is 1. The Hall–Kier alpha value is 0.340. The number of quaternary nitrogens is 1. The predicted octanol–water partition coefficient (Wildman–Crippen LogP) is 1.63. The standard InChI is InChI=1S/C13H16Br3NO3/c14-9-5-11(15)13(12(16)6-9)20-8-10(18)7-17-1-3-19-4-2-17/h5-6,10,18H,1-4,7-8H2/p+1/t10-/m0/s1. The molecule has 2 N–H and O–H groups in total. The zero-order valence-electron chi connectivity index (χ0n) is 10.9. The van der Waals surface area contributed by atoms with Gasteiger partial charge in [-0.25, -0.2) is 0 Å². The lowest BCUT2D eigenvalue weighted by Gasteiger charge is -2.25. The van der Waals surface area contributed by atoms with Crippen LogP contribution in [0.2, 0.25) is 0 Å². The summed E-state index contributed by atoms with van der Waals surface area (Å²) in [6.45, 7) is 4.41. The van der Waals surface area contributed by atoms with Crippen LogP contribution in [0.3, 0.4) is 0 Å². The van der Waals surface area contributed by atoms with Gasteiger partial charge in [0.05, 0.1) is 22.2 Å². The van der Waals surface area contributed by atoms with E-state index in [1.165, 1.54) is 4.90 Å². The molecule has 0 radical (unpaired) electrons. The molecule has 7 heteroatoms. The molecule has 1 fully saturated rings. The second-order valence-electron chi connectivity index (χ2n) is 4.73. The van der Waals surface area contributed by atoms with E-state index >= 15 is 0 Å². The maximum atomic E-state index is 10.1. The highest BCUT2D eigenvalue weighted by Crippen LogP contribution is 2.36. The maximum absolute atomic E-state index is 10.1. The van der Waals surface area contributed by atoms with Crippen LogP contribution in [0.25, 0.3) is 0 Å². The third-order valence-corrected chi connectivity index (χ3v) is 4.74. The van der Waals surface area contributed by atoms with E-state index in [1.807, 2.05) is 12.1 Å². The lowest BCUT2D eigenvalue weighted by molar-refractivity contribution is -0.911. The molecule has 0 bridgehead atoms. The third kappa shape index (κ3) is 4.96. The van der Waals surface area contributed by atoms with Gasteiger partial charge in [0, 0.05) is 4.47 Å². The molecule has 0 unspecified atom stereocenters. The number of halogens is 3. The van der Waals surface area contributed by atoms with Gasteiger partial charge in [-0.1, -0.05) is 15.9 Å². The van der Waals surface area contributed by atoms with Crippen molar-refractivity contribution in [3.05, 3.63) is 25.6 Å². The van der Waals surface area contributed by atoms with Gasteiger partial charge < -0.3 is 19.5 Å². The van der Waals surface area contributed by atoms with E-state index in [0.717, 1.165) is 39.7 Å². The van der Waals surface area contributed by atoms with Crippen molar-refractivity contribution < 1.29 is 19.5 Å². The quantitative estimate of drug-likeness (QED) is 0.681. The van der Waals surface area contributed by atoms with Gasteiger partial charge in [0.15, 0.2) is 0 Å². The Morgan fingerprint density at radius 3 is 2.40 bits per heavy atom. The minimum absolute atomic E-state index is 0.281. The lowest BCUT2D eigenvalue weighted by Crippen LogP contribution is -3.15. The normalized spacial score (nSPS) is 18.0. The van der Waals surface area contributed by atoms with E-state index < -0.39 is 6.10 Å². The van der Waals surface area contributed by atoms with Crippen molar-refractivity contribution in [1.29, 1.82) is 0 Å². The summed E-state index contributed by atoms with van der Waals surface area (Å²) >= 11 is 10.3. The highest BCUT2D eigenvalue weighted by molar-refractivity contribution is 9.11. The number of aliphatic hydroxyl groups excluding tert-OH is 1. The van der Waals surface area contributed by atoms with Crippen LogP contribution >= 0.6 is 47.8 Å². The Labute approximate surface area is 143 Å². The molecule has 2 rings (SSSR count). The number of ether oxygens (including phenoxy) is 2. The van der Waals surface area contributed by atoms with Gasteiger partial charge in [-0.3, -0.25) is 0 Å². The molecule has 1 aliphatic heterocycles. The van der Waals surface area contributed by atoms with Crippen LogP contribution in [0.5, 0.6) is 5.75 Å². The second-order valence-corrected chi connectivity index (χ2v) is 7.35. The highest BCUT2D eigenvalue weighted by Gasteiger charge is 2.19.